The number of rotatable bonds is 20. The van der Waals surface area contributed by atoms with Crippen molar-refractivity contribution in [2.75, 3.05) is 13.1 Å². The fourth-order valence-corrected chi connectivity index (χ4v) is 3.34. The van der Waals surface area contributed by atoms with Crippen LogP contribution in [0.5, 0.6) is 0 Å². The minimum absolute atomic E-state index is 0. The van der Waals surface area contributed by atoms with Crippen LogP contribution >= 0.6 is 12.4 Å². The van der Waals surface area contributed by atoms with Crippen LogP contribution in [0.2, 0.25) is 0 Å². The van der Waals surface area contributed by atoms with Crippen molar-refractivity contribution in [3.05, 3.63) is 0 Å². The number of guanidine groups is 1. The van der Waals surface area contributed by atoms with E-state index in [-0.39, 0.29) is 12.4 Å². The second-order valence-electron chi connectivity index (χ2n) is 7.89. The normalized spacial score (nSPS) is 10.4. The second kappa shape index (κ2) is 25.6. The van der Waals surface area contributed by atoms with Crippen LogP contribution in [0, 0.1) is 5.41 Å². The van der Waals surface area contributed by atoms with Crippen molar-refractivity contribution in [1.29, 1.82) is 5.41 Å². The average molecular weight is 404 g/mol. The zero-order chi connectivity index (χ0) is 19.1. The Labute approximate surface area is 177 Å². The molecule has 0 aromatic rings. The summed E-state index contributed by atoms with van der Waals surface area (Å²) in [4.78, 5) is 0. The van der Waals surface area contributed by atoms with E-state index in [2.05, 4.69) is 24.5 Å². The summed E-state index contributed by atoms with van der Waals surface area (Å²) in [6, 6.07) is 0. The van der Waals surface area contributed by atoms with Gasteiger partial charge in [-0.2, -0.15) is 0 Å². The molecule has 4 heteroatoms. The van der Waals surface area contributed by atoms with Crippen molar-refractivity contribution < 1.29 is 0 Å². The summed E-state index contributed by atoms with van der Waals surface area (Å²) in [5.41, 5.74) is 0. The molecule has 0 rings (SSSR count). The third kappa shape index (κ3) is 25.6. The average Bonchev–Trinajstić information content (AvgIpc) is 2.64. The third-order valence-electron chi connectivity index (χ3n) is 5.16. The molecular formula is C23H50ClN3. The molecule has 0 saturated carbocycles. The van der Waals surface area contributed by atoms with Gasteiger partial charge in [0.05, 0.1) is 0 Å². The predicted molar refractivity (Wildman–Crippen MR) is 125 cm³/mol. The first-order valence-corrected chi connectivity index (χ1v) is 11.9. The van der Waals surface area contributed by atoms with Gasteiger partial charge < -0.3 is 10.6 Å². The molecule has 0 saturated heterocycles. The van der Waals surface area contributed by atoms with Gasteiger partial charge in [-0.25, -0.2) is 0 Å². The Morgan fingerprint density at radius 1 is 0.481 bits per heavy atom. The van der Waals surface area contributed by atoms with E-state index in [1.807, 2.05) is 0 Å². The molecule has 0 heterocycles. The molecule has 164 valence electrons. The maximum Gasteiger partial charge on any atom is 0.188 e. The van der Waals surface area contributed by atoms with E-state index in [4.69, 9.17) is 5.41 Å². The molecular weight excluding hydrogens is 354 g/mol. The van der Waals surface area contributed by atoms with Crippen LogP contribution in [-0.2, 0) is 0 Å². The van der Waals surface area contributed by atoms with E-state index in [1.165, 1.54) is 109 Å². The Morgan fingerprint density at radius 2 is 0.778 bits per heavy atom. The third-order valence-corrected chi connectivity index (χ3v) is 5.16. The summed E-state index contributed by atoms with van der Waals surface area (Å²) in [6.45, 7) is 6.32. The molecule has 0 amide bonds. The molecule has 0 bridgehead atoms. The van der Waals surface area contributed by atoms with E-state index >= 15 is 0 Å². The van der Waals surface area contributed by atoms with Crippen LogP contribution in [0.3, 0.4) is 0 Å². The maximum atomic E-state index is 7.74. The van der Waals surface area contributed by atoms with Gasteiger partial charge in [0.2, 0.25) is 0 Å². The summed E-state index contributed by atoms with van der Waals surface area (Å²) in [5.74, 6) is 0.499. The van der Waals surface area contributed by atoms with E-state index < -0.39 is 0 Å². The minimum atomic E-state index is 0. The van der Waals surface area contributed by atoms with E-state index in [9.17, 15) is 0 Å². The molecule has 3 N–H and O–H groups in total. The molecule has 0 aliphatic rings. The summed E-state index contributed by atoms with van der Waals surface area (Å²) in [7, 11) is 0. The monoisotopic (exact) mass is 403 g/mol. The molecule has 0 aromatic carbocycles. The lowest BCUT2D eigenvalue weighted by Gasteiger charge is -2.09. The lowest BCUT2D eigenvalue weighted by Crippen LogP contribution is -2.37. The quantitative estimate of drug-likeness (QED) is 0.111. The van der Waals surface area contributed by atoms with Gasteiger partial charge in [0, 0.05) is 13.1 Å². The maximum absolute atomic E-state index is 7.74. The predicted octanol–water partition coefficient (Wildman–Crippen LogP) is 7.58. The van der Waals surface area contributed by atoms with Crippen LogP contribution in [0.15, 0.2) is 0 Å². The first-order valence-electron chi connectivity index (χ1n) is 11.9. The lowest BCUT2D eigenvalue weighted by molar-refractivity contribution is 0.529. The number of unbranched alkanes of at least 4 members (excludes halogenated alkanes) is 16. The van der Waals surface area contributed by atoms with Gasteiger partial charge in [0.15, 0.2) is 5.96 Å². The Morgan fingerprint density at radius 3 is 1.15 bits per heavy atom. The minimum Gasteiger partial charge on any atom is -0.357 e. The van der Waals surface area contributed by atoms with Crippen molar-refractivity contribution in [1.82, 2.24) is 10.6 Å². The summed E-state index contributed by atoms with van der Waals surface area (Å²) >= 11 is 0. The Bertz CT molecular complexity index is 285. The van der Waals surface area contributed by atoms with Crippen LogP contribution in [-0.4, -0.2) is 19.0 Å². The van der Waals surface area contributed by atoms with Crippen molar-refractivity contribution in [3.8, 4) is 0 Å². The van der Waals surface area contributed by atoms with Crippen molar-refractivity contribution >= 4 is 18.4 Å². The van der Waals surface area contributed by atoms with E-state index in [0.717, 1.165) is 19.5 Å². The molecule has 0 fully saturated rings. The largest absolute Gasteiger partial charge is 0.357 e. The summed E-state index contributed by atoms with van der Waals surface area (Å²) in [6.07, 6.45) is 24.8. The summed E-state index contributed by atoms with van der Waals surface area (Å²) < 4.78 is 0. The van der Waals surface area contributed by atoms with Crippen molar-refractivity contribution in [3.63, 3.8) is 0 Å². The van der Waals surface area contributed by atoms with Gasteiger partial charge in [0.25, 0.3) is 0 Å². The van der Waals surface area contributed by atoms with Crippen molar-refractivity contribution in [2.45, 2.75) is 129 Å². The smallest absolute Gasteiger partial charge is 0.188 e. The summed E-state index contributed by atoms with van der Waals surface area (Å²) in [5, 5.41) is 14.0. The molecule has 0 aliphatic carbocycles. The van der Waals surface area contributed by atoms with Crippen LogP contribution in [0.25, 0.3) is 0 Å². The topological polar surface area (TPSA) is 47.9 Å². The highest BCUT2D eigenvalue weighted by Crippen LogP contribution is 2.13. The first-order chi connectivity index (χ1) is 12.8. The molecule has 0 aromatic heterocycles. The Kier molecular flexibility index (Phi) is 27.2. The highest BCUT2D eigenvalue weighted by atomic mass is 35.5. The molecule has 0 atom stereocenters. The van der Waals surface area contributed by atoms with Gasteiger partial charge in [-0.05, 0) is 12.8 Å². The Balaban J connectivity index is 0. The fraction of sp³-hybridized carbons (Fsp3) is 0.957. The fourth-order valence-electron chi connectivity index (χ4n) is 3.34. The first kappa shape index (κ1) is 28.8. The number of nitrogens with one attached hydrogen (secondary N) is 3. The highest BCUT2D eigenvalue weighted by Gasteiger charge is 1.96. The van der Waals surface area contributed by atoms with E-state index in [0.29, 0.717) is 5.96 Å². The lowest BCUT2D eigenvalue weighted by atomic mass is 10.0. The molecule has 0 spiro atoms. The Hall–Kier alpha value is -0.440. The van der Waals surface area contributed by atoms with Crippen LogP contribution < -0.4 is 10.6 Å². The SMILES string of the molecule is CCCCCCCCCCCCCCCCCCNC(=N)NCCCC.Cl. The van der Waals surface area contributed by atoms with Gasteiger partial charge in [-0.15, -0.1) is 12.4 Å². The number of hydrogen-bond donors (Lipinski definition) is 3. The zero-order valence-corrected chi connectivity index (χ0v) is 19.4. The number of hydrogen-bond acceptors (Lipinski definition) is 1. The van der Waals surface area contributed by atoms with Crippen molar-refractivity contribution in [2.24, 2.45) is 0 Å². The molecule has 0 aliphatic heterocycles. The zero-order valence-electron chi connectivity index (χ0n) is 18.6. The second-order valence-corrected chi connectivity index (χ2v) is 7.89. The molecule has 3 nitrogen and oxygen atoms in total. The number of halogens is 1. The van der Waals surface area contributed by atoms with Gasteiger partial charge in [-0.1, -0.05) is 117 Å². The van der Waals surface area contributed by atoms with E-state index in [1.54, 1.807) is 0 Å². The molecule has 0 unspecified atom stereocenters. The highest BCUT2D eigenvalue weighted by molar-refractivity contribution is 5.85. The van der Waals surface area contributed by atoms with Crippen LogP contribution in [0.1, 0.15) is 129 Å². The van der Waals surface area contributed by atoms with Crippen LogP contribution in [0.4, 0.5) is 0 Å². The van der Waals surface area contributed by atoms with Gasteiger partial charge in [0.1, 0.15) is 0 Å². The van der Waals surface area contributed by atoms with Gasteiger partial charge >= 0.3 is 0 Å². The standard InChI is InChI=1S/C23H49N3.ClH/c1-3-5-7-8-9-10-11-12-13-14-15-16-17-18-19-20-22-26-23(24)25-21-6-4-2;/h3-22H2,1-2H3,(H3,24,25,26);1H. The molecule has 27 heavy (non-hydrogen) atoms. The molecule has 0 radical (unpaired) electrons. The van der Waals surface area contributed by atoms with Gasteiger partial charge in [-0.3, -0.25) is 5.41 Å².